The molecular formula is C15H19ClF2N2O3. The Morgan fingerprint density at radius 3 is 2.74 bits per heavy atom. The van der Waals surface area contributed by atoms with Crippen molar-refractivity contribution in [2.24, 2.45) is 0 Å². The van der Waals surface area contributed by atoms with Crippen molar-refractivity contribution < 1.29 is 23.0 Å². The summed E-state index contributed by atoms with van der Waals surface area (Å²) >= 11 is 0. The molecule has 0 aliphatic carbocycles. The molecule has 1 aromatic carbocycles. The third-order valence-corrected chi connectivity index (χ3v) is 3.75. The minimum absolute atomic E-state index is 0. The summed E-state index contributed by atoms with van der Waals surface area (Å²) in [5.74, 6) is -1.75. The molecule has 1 aromatic rings. The number of amides is 1. The first-order valence-electron chi connectivity index (χ1n) is 7.31. The average Bonchev–Trinajstić information content (AvgIpc) is 2.87. The van der Waals surface area contributed by atoms with E-state index in [0.717, 1.165) is 11.3 Å². The van der Waals surface area contributed by atoms with Crippen LogP contribution in [0.25, 0.3) is 0 Å². The van der Waals surface area contributed by atoms with Gasteiger partial charge in [0.1, 0.15) is 13.2 Å². The Balaban J connectivity index is 0.00000192. The summed E-state index contributed by atoms with van der Waals surface area (Å²) in [4.78, 5) is 11.8. The van der Waals surface area contributed by atoms with Crippen molar-refractivity contribution in [3.63, 3.8) is 0 Å². The van der Waals surface area contributed by atoms with E-state index in [2.05, 4.69) is 10.6 Å². The summed E-state index contributed by atoms with van der Waals surface area (Å²) in [5, 5.41) is 5.22. The van der Waals surface area contributed by atoms with Gasteiger partial charge in [0.05, 0.1) is 12.6 Å². The highest BCUT2D eigenvalue weighted by Gasteiger charge is 2.42. The number of fused-ring (bicyclic) bond motifs is 1. The van der Waals surface area contributed by atoms with Crippen molar-refractivity contribution in [2.75, 3.05) is 26.3 Å². The number of ether oxygens (including phenoxy) is 2. The molecule has 1 atom stereocenters. The van der Waals surface area contributed by atoms with Crippen LogP contribution in [0.2, 0.25) is 0 Å². The lowest BCUT2D eigenvalue weighted by molar-refractivity contribution is -0.123. The predicted molar refractivity (Wildman–Crippen MR) is 82.7 cm³/mol. The summed E-state index contributed by atoms with van der Waals surface area (Å²) in [6, 6.07) is 4.81. The fourth-order valence-electron chi connectivity index (χ4n) is 2.60. The van der Waals surface area contributed by atoms with E-state index < -0.39 is 24.9 Å². The number of halogens is 3. The highest BCUT2D eigenvalue weighted by atomic mass is 35.5. The van der Waals surface area contributed by atoms with E-state index >= 15 is 0 Å². The highest BCUT2D eigenvalue weighted by Crippen LogP contribution is 2.30. The molecule has 8 heteroatoms. The second-order valence-electron chi connectivity index (χ2n) is 5.51. The molecule has 0 aromatic heterocycles. The second-order valence-corrected chi connectivity index (χ2v) is 5.51. The number of benzene rings is 1. The van der Waals surface area contributed by atoms with Crippen molar-refractivity contribution in [2.45, 2.75) is 24.8 Å². The molecule has 128 valence electrons. The van der Waals surface area contributed by atoms with Gasteiger partial charge in [-0.15, -0.1) is 12.4 Å². The van der Waals surface area contributed by atoms with E-state index in [0.29, 0.717) is 31.9 Å². The van der Waals surface area contributed by atoms with Crippen molar-refractivity contribution >= 4 is 18.3 Å². The van der Waals surface area contributed by atoms with Crippen LogP contribution in [0.15, 0.2) is 18.2 Å². The largest absolute Gasteiger partial charge is 0.486 e. The van der Waals surface area contributed by atoms with E-state index in [4.69, 9.17) is 9.47 Å². The van der Waals surface area contributed by atoms with Crippen LogP contribution in [-0.2, 0) is 11.2 Å². The number of nitrogens with one attached hydrogen (secondary N) is 2. The van der Waals surface area contributed by atoms with Crippen LogP contribution in [0.1, 0.15) is 12.0 Å². The third-order valence-electron chi connectivity index (χ3n) is 3.75. The molecule has 1 unspecified atom stereocenters. The van der Waals surface area contributed by atoms with Crippen LogP contribution >= 0.6 is 12.4 Å². The zero-order chi connectivity index (χ0) is 15.6. The van der Waals surface area contributed by atoms with Crippen LogP contribution in [0.5, 0.6) is 11.5 Å². The molecule has 1 amide bonds. The lowest BCUT2D eigenvalue weighted by atomic mass is 10.1. The van der Waals surface area contributed by atoms with Gasteiger partial charge in [0.25, 0.3) is 5.92 Å². The van der Waals surface area contributed by atoms with Crippen LogP contribution in [0.4, 0.5) is 8.78 Å². The van der Waals surface area contributed by atoms with Gasteiger partial charge in [0.2, 0.25) is 5.91 Å². The Kier molecular flexibility index (Phi) is 5.64. The first-order valence-corrected chi connectivity index (χ1v) is 7.31. The maximum absolute atomic E-state index is 13.0. The van der Waals surface area contributed by atoms with Crippen molar-refractivity contribution in [3.05, 3.63) is 23.8 Å². The maximum Gasteiger partial charge on any atom is 0.262 e. The van der Waals surface area contributed by atoms with E-state index in [-0.39, 0.29) is 18.3 Å². The van der Waals surface area contributed by atoms with Gasteiger partial charge in [-0.05, 0) is 24.1 Å². The van der Waals surface area contributed by atoms with E-state index in [9.17, 15) is 13.6 Å². The lowest BCUT2D eigenvalue weighted by Gasteiger charge is -2.19. The van der Waals surface area contributed by atoms with Crippen molar-refractivity contribution in [1.82, 2.24) is 10.6 Å². The summed E-state index contributed by atoms with van der Waals surface area (Å²) in [5.41, 5.74) is 0.995. The molecular weight excluding hydrogens is 330 g/mol. The van der Waals surface area contributed by atoms with Gasteiger partial charge < -0.3 is 14.8 Å². The summed E-state index contributed by atoms with van der Waals surface area (Å²) in [6.45, 7) is 1.02. The Labute approximate surface area is 139 Å². The summed E-state index contributed by atoms with van der Waals surface area (Å²) < 4.78 is 37.0. The predicted octanol–water partition coefficient (Wildman–Crippen LogP) is 1.54. The van der Waals surface area contributed by atoms with Crippen LogP contribution in [0.3, 0.4) is 0 Å². The number of hydrogen-bond donors (Lipinski definition) is 2. The molecule has 0 saturated carbocycles. The van der Waals surface area contributed by atoms with Gasteiger partial charge >= 0.3 is 0 Å². The molecule has 2 aliphatic rings. The molecule has 5 nitrogen and oxygen atoms in total. The van der Waals surface area contributed by atoms with Gasteiger partial charge in [-0.2, -0.15) is 0 Å². The summed E-state index contributed by atoms with van der Waals surface area (Å²) in [7, 11) is 0. The fraction of sp³-hybridized carbons (Fsp3) is 0.533. The maximum atomic E-state index is 13.0. The Bertz CT molecular complexity index is 572. The first-order chi connectivity index (χ1) is 10.5. The van der Waals surface area contributed by atoms with Crippen LogP contribution in [0, 0.1) is 0 Å². The molecule has 0 bridgehead atoms. The smallest absolute Gasteiger partial charge is 0.262 e. The Hall–Kier alpha value is -1.60. The van der Waals surface area contributed by atoms with Gasteiger partial charge in [-0.1, -0.05) is 6.07 Å². The SMILES string of the molecule is Cl.O=C(NCCc1ccc2c(c1)OCCO2)C1CC(F)(F)CN1. The lowest BCUT2D eigenvalue weighted by Crippen LogP contribution is -2.41. The number of alkyl halides is 2. The van der Waals surface area contributed by atoms with Gasteiger partial charge in [-0.3, -0.25) is 10.1 Å². The van der Waals surface area contributed by atoms with Crippen LogP contribution < -0.4 is 20.1 Å². The molecule has 2 N–H and O–H groups in total. The Morgan fingerprint density at radius 1 is 1.30 bits per heavy atom. The molecule has 3 rings (SSSR count). The topological polar surface area (TPSA) is 59.6 Å². The molecule has 0 spiro atoms. The molecule has 2 heterocycles. The Morgan fingerprint density at radius 2 is 2.04 bits per heavy atom. The third kappa shape index (κ3) is 4.45. The minimum atomic E-state index is -2.79. The number of hydrogen-bond acceptors (Lipinski definition) is 4. The van der Waals surface area contributed by atoms with E-state index in [1.165, 1.54) is 0 Å². The fourth-order valence-corrected chi connectivity index (χ4v) is 2.60. The standard InChI is InChI=1S/C15H18F2N2O3.ClH/c16-15(17)8-11(19-9-15)14(20)18-4-3-10-1-2-12-13(7-10)22-6-5-21-12;/h1-2,7,11,19H,3-6,8-9H2,(H,18,20);1H. The average molecular weight is 349 g/mol. The number of rotatable bonds is 4. The minimum Gasteiger partial charge on any atom is -0.486 e. The molecule has 1 fully saturated rings. The number of carbonyl (C=O) groups excluding carboxylic acids is 1. The zero-order valence-corrected chi connectivity index (χ0v) is 13.3. The van der Waals surface area contributed by atoms with Crippen molar-refractivity contribution in [3.8, 4) is 11.5 Å². The van der Waals surface area contributed by atoms with E-state index in [1.807, 2.05) is 18.2 Å². The van der Waals surface area contributed by atoms with Gasteiger partial charge in [0, 0.05) is 13.0 Å². The number of carbonyl (C=O) groups is 1. The van der Waals surface area contributed by atoms with E-state index in [1.54, 1.807) is 0 Å². The molecule has 23 heavy (non-hydrogen) atoms. The normalized spacial score (nSPS) is 21.4. The van der Waals surface area contributed by atoms with Gasteiger partial charge in [0.15, 0.2) is 11.5 Å². The monoisotopic (exact) mass is 348 g/mol. The van der Waals surface area contributed by atoms with Gasteiger partial charge in [-0.25, -0.2) is 8.78 Å². The molecule has 1 saturated heterocycles. The van der Waals surface area contributed by atoms with Crippen LogP contribution in [-0.4, -0.2) is 44.2 Å². The quantitative estimate of drug-likeness (QED) is 0.866. The molecule has 0 radical (unpaired) electrons. The summed E-state index contributed by atoms with van der Waals surface area (Å²) in [6.07, 6.45) is 0.161. The first kappa shape index (κ1) is 17.7. The van der Waals surface area contributed by atoms with Crippen molar-refractivity contribution in [1.29, 1.82) is 0 Å². The highest BCUT2D eigenvalue weighted by molar-refractivity contribution is 5.85. The zero-order valence-electron chi connectivity index (χ0n) is 12.4. The molecule has 2 aliphatic heterocycles. The second kappa shape index (κ2) is 7.31.